The van der Waals surface area contributed by atoms with Crippen molar-refractivity contribution >= 4 is 40.1 Å². The van der Waals surface area contributed by atoms with E-state index in [4.69, 9.17) is 23.1 Å². The molecule has 0 fully saturated rings. The van der Waals surface area contributed by atoms with Gasteiger partial charge in [0.2, 0.25) is 5.95 Å². The van der Waals surface area contributed by atoms with Gasteiger partial charge in [0.15, 0.2) is 5.82 Å². The van der Waals surface area contributed by atoms with Crippen molar-refractivity contribution in [1.29, 1.82) is 0 Å². The van der Waals surface area contributed by atoms with E-state index in [0.29, 0.717) is 28.9 Å². The lowest BCUT2D eigenvalue weighted by atomic mass is 10.1. The van der Waals surface area contributed by atoms with Crippen LogP contribution in [0.25, 0.3) is 22.2 Å². The standard InChI is InChI=1S/C18H16ClN7/c19-13-4-2-1-3-11(13)9-22-16-8-14(23-18(21)24-16)10-5-6-12-15(7-10)25-26-17(12)20/h1-8H,9H2,(H3,20,25,26)(H3,21,22,23,24). The van der Waals surface area contributed by atoms with Gasteiger partial charge in [0.1, 0.15) is 5.82 Å². The molecule has 0 atom stereocenters. The summed E-state index contributed by atoms with van der Waals surface area (Å²) in [5, 5.41) is 11.7. The third kappa shape index (κ3) is 3.12. The zero-order valence-electron chi connectivity index (χ0n) is 13.7. The Hall–Kier alpha value is -3.32. The molecule has 0 amide bonds. The zero-order valence-corrected chi connectivity index (χ0v) is 14.5. The molecule has 0 radical (unpaired) electrons. The predicted octanol–water partition coefficient (Wildman–Crippen LogP) is 3.45. The van der Waals surface area contributed by atoms with Crippen LogP contribution in [0.1, 0.15) is 5.56 Å². The molecule has 4 aromatic rings. The second-order valence-corrected chi connectivity index (χ2v) is 6.22. The van der Waals surface area contributed by atoms with Crippen molar-refractivity contribution in [3.63, 3.8) is 0 Å². The number of nitrogens with one attached hydrogen (secondary N) is 2. The molecule has 4 rings (SSSR count). The van der Waals surface area contributed by atoms with Gasteiger partial charge in [0.05, 0.1) is 11.2 Å². The lowest BCUT2D eigenvalue weighted by molar-refractivity contribution is 1.09. The lowest BCUT2D eigenvalue weighted by Gasteiger charge is -2.10. The quantitative estimate of drug-likeness (QED) is 0.440. The molecule has 7 nitrogen and oxygen atoms in total. The third-order valence-electron chi connectivity index (χ3n) is 4.05. The number of anilines is 3. The van der Waals surface area contributed by atoms with Gasteiger partial charge >= 0.3 is 0 Å². The van der Waals surface area contributed by atoms with E-state index in [1.165, 1.54) is 0 Å². The second-order valence-electron chi connectivity index (χ2n) is 5.81. The van der Waals surface area contributed by atoms with Crippen molar-refractivity contribution < 1.29 is 0 Å². The highest BCUT2D eigenvalue weighted by Crippen LogP contribution is 2.26. The molecule has 8 heteroatoms. The van der Waals surface area contributed by atoms with Crippen LogP contribution in [0.3, 0.4) is 0 Å². The van der Waals surface area contributed by atoms with Gasteiger partial charge in [-0.05, 0) is 23.8 Å². The van der Waals surface area contributed by atoms with Crippen molar-refractivity contribution in [3.05, 3.63) is 59.1 Å². The zero-order chi connectivity index (χ0) is 18.1. The first-order valence-corrected chi connectivity index (χ1v) is 8.34. The Balaban J connectivity index is 1.63. The first-order valence-electron chi connectivity index (χ1n) is 7.96. The van der Waals surface area contributed by atoms with Crippen molar-refractivity contribution in [3.8, 4) is 11.3 Å². The number of nitrogen functional groups attached to an aromatic ring is 2. The van der Waals surface area contributed by atoms with Gasteiger partial charge in [0, 0.05) is 28.6 Å². The number of nitrogens with two attached hydrogens (primary N) is 2. The van der Waals surface area contributed by atoms with Crippen LogP contribution in [0, 0.1) is 0 Å². The normalized spacial score (nSPS) is 11.0. The Kier molecular flexibility index (Phi) is 4.06. The lowest BCUT2D eigenvalue weighted by Crippen LogP contribution is -2.05. The molecule has 2 heterocycles. The molecule has 26 heavy (non-hydrogen) atoms. The molecule has 0 bridgehead atoms. The second kappa shape index (κ2) is 6.53. The number of fused-ring (bicyclic) bond motifs is 1. The van der Waals surface area contributed by atoms with Gasteiger partial charge < -0.3 is 16.8 Å². The molecular weight excluding hydrogens is 350 g/mol. The molecular formula is C18H16ClN7. The van der Waals surface area contributed by atoms with Crippen LogP contribution < -0.4 is 16.8 Å². The number of H-pyrrole nitrogens is 1. The van der Waals surface area contributed by atoms with Gasteiger partial charge in [-0.2, -0.15) is 10.1 Å². The molecule has 0 aliphatic rings. The Bertz CT molecular complexity index is 1090. The fraction of sp³-hybridized carbons (Fsp3) is 0.0556. The Morgan fingerprint density at radius 3 is 2.73 bits per heavy atom. The smallest absolute Gasteiger partial charge is 0.222 e. The molecule has 2 aromatic carbocycles. The van der Waals surface area contributed by atoms with Crippen LogP contribution in [0.2, 0.25) is 5.02 Å². The average molecular weight is 366 g/mol. The SMILES string of the molecule is Nc1nc(NCc2ccccc2Cl)cc(-c2ccc3c(N)n[nH]c3c2)n1. The highest BCUT2D eigenvalue weighted by Gasteiger charge is 2.09. The largest absolute Gasteiger partial charge is 0.382 e. The highest BCUT2D eigenvalue weighted by atomic mass is 35.5. The summed E-state index contributed by atoms with van der Waals surface area (Å²) in [6.07, 6.45) is 0. The molecule has 0 saturated heterocycles. The molecule has 6 N–H and O–H groups in total. The van der Waals surface area contributed by atoms with E-state index in [9.17, 15) is 0 Å². The van der Waals surface area contributed by atoms with Crippen LogP contribution in [-0.4, -0.2) is 20.2 Å². The minimum atomic E-state index is 0.188. The average Bonchev–Trinajstić information content (AvgIpc) is 3.01. The fourth-order valence-electron chi connectivity index (χ4n) is 2.73. The molecule has 0 aliphatic carbocycles. The van der Waals surface area contributed by atoms with Crippen molar-refractivity contribution in [2.75, 3.05) is 16.8 Å². The monoisotopic (exact) mass is 365 g/mol. The summed E-state index contributed by atoms with van der Waals surface area (Å²) in [6.45, 7) is 0.533. The third-order valence-corrected chi connectivity index (χ3v) is 4.42. The van der Waals surface area contributed by atoms with E-state index >= 15 is 0 Å². The van der Waals surface area contributed by atoms with E-state index in [1.807, 2.05) is 48.5 Å². The van der Waals surface area contributed by atoms with Gasteiger partial charge in [-0.25, -0.2) is 4.98 Å². The summed E-state index contributed by atoms with van der Waals surface area (Å²) in [5.74, 6) is 1.28. The van der Waals surface area contributed by atoms with Crippen molar-refractivity contribution in [2.24, 2.45) is 0 Å². The minimum Gasteiger partial charge on any atom is -0.382 e. The van der Waals surface area contributed by atoms with Crippen LogP contribution in [0.5, 0.6) is 0 Å². The summed E-state index contributed by atoms with van der Waals surface area (Å²) in [7, 11) is 0. The van der Waals surface area contributed by atoms with Crippen LogP contribution >= 0.6 is 11.6 Å². The summed E-state index contributed by atoms with van der Waals surface area (Å²) < 4.78 is 0. The Labute approximate surface area is 154 Å². The maximum atomic E-state index is 6.19. The summed E-state index contributed by atoms with van der Waals surface area (Å²) in [4.78, 5) is 8.57. The Morgan fingerprint density at radius 1 is 1.04 bits per heavy atom. The number of aromatic amines is 1. The van der Waals surface area contributed by atoms with Crippen LogP contribution in [-0.2, 0) is 6.54 Å². The number of rotatable bonds is 4. The van der Waals surface area contributed by atoms with E-state index in [2.05, 4.69) is 25.5 Å². The van der Waals surface area contributed by atoms with Crippen molar-refractivity contribution in [2.45, 2.75) is 6.54 Å². The summed E-state index contributed by atoms with van der Waals surface area (Å²) in [5.41, 5.74) is 15.1. The molecule has 2 aromatic heterocycles. The molecule has 0 spiro atoms. The number of halogens is 1. The van der Waals surface area contributed by atoms with Gasteiger partial charge in [-0.15, -0.1) is 0 Å². The van der Waals surface area contributed by atoms with Gasteiger partial charge in [-0.3, -0.25) is 5.10 Å². The molecule has 0 aliphatic heterocycles. The molecule has 0 saturated carbocycles. The van der Waals surface area contributed by atoms with E-state index in [1.54, 1.807) is 0 Å². The summed E-state index contributed by atoms with van der Waals surface area (Å²) in [6, 6.07) is 15.2. The molecule has 130 valence electrons. The van der Waals surface area contributed by atoms with E-state index in [-0.39, 0.29) is 5.95 Å². The number of benzene rings is 2. The maximum absolute atomic E-state index is 6.19. The Morgan fingerprint density at radius 2 is 1.88 bits per heavy atom. The topological polar surface area (TPSA) is 119 Å². The minimum absolute atomic E-state index is 0.188. The fourth-order valence-corrected chi connectivity index (χ4v) is 2.93. The van der Waals surface area contributed by atoms with E-state index < -0.39 is 0 Å². The number of hydrogen-bond acceptors (Lipinski definition) is 6. The first-order chi connectivity index (χ1) is 12.6. The van der Waals surface area contributed by atoms with Crippen molar-refractivity contribution in [1.82, 2.24) is 20.2 Å². The highest BCUT2D eigenvalue weighted by molar-refractivity contribution is 6.31. The first kappa shape index (κ1) is 16.2. The molecule has 0 unspecified atom stereocenters. The van der Waals surface area contributed by atoms with E-state index in [0.717, 1.165) is 22.0 Å². The van der Waals surface area contributed by atoms with Crippen LogP contribution in [0.4, 0.5) is 17.6 Å². The van der Waals surface area contributed by atoms with Crippen LogP contribution in [0.15, 0.2) is 48.5 Å². The maximum Gasteiger partial charge on any atom is 0.222 e. The van der Waals surface area contributed by atoms with Gasteiger partial charge in [0.25, 0.3) is 0 Å². The number of aromatic nitrogens is 4. The van der Waals surface area contributed by atoms with Gasteiger partial charge in [-0.1, -0.05) is 35.9 Å². The predicted molar refractivity (Wildman–Crippen MR) is 105 cm³/mol. The summed E-state index contributed by atoms with van der Waals surface area (Å²) >= 11 is 6.19. The number of nitrogens with zero attached hydrogens (tertiary/aromatic N) is 3. The number of hydrogen-bond donors (Lipinski definition) is 4.